The van der Waals surface area contributed by atoms with E-state index in [0.717, 1.165) is 44.5 Å². The predicted molar refractivity (Wildman–Crippen MR) is 115 cm³/mol. The van der Waals surface area contributed by atoms with E-state index in [1.807, 2.05) is 22.8 Å². The maximum atomic E-state index is 12.2. The van der Waals surface area contributed by atoms with Crippen LogP contribution < -0.4 is 0 Å². The first kappa shape index (κ1) is 22.0. The summed E-state index contributed by atoms with van der Waals surface area (Å²) in [6.07, 6.45) is 9.66. The Kier molecular flexibility index (Phi) is 7.86. The second-order valence-corrected chi connectivity index (χ2v) is 9.97. The van der Waals surface area contributed by atoms with Crippen molar-refractivity contribution < 1.29 is 13.2 Å². The largest absolute Gasteiger partial charge is 0.378 e. The number of aryl methyl sites for hydroxylation is 1. The topological polar surface area (TPSA) is 64.4 Å². The third kappa shape index (κ3) is 6.66. The van der Waals surface area contributed by atoms with Crippen molar-refractivity contribution in [2.75, 3.05) is 26.5 Å². The van der Waals surface area contributed by atoms with E-state index in [1.165, 1.54) is 24.7 Å². The van der Waals surface area contributed by atoms with Gasteiger partial charge in [0.1, 0.15) is 0 Å². The SMILES string of the molecule is CN(CCC1CCCCO1)Cc1cnc(S(C)(=O)=O)n1CCCc1ccccc1. The van der Waals surface area contributed by atoms with Crippen LogP contribution in [0.4, 0.5) is 0 Å². The Morgan fingerprint density at radius 1 is 1.24 bits per heavy atom. The zero-order valence-corrected chi connectivity index (χ0v) is 18.4. The molecule has 2 heterocycles. The molecule has 29 heavy (non-hydrogen) atoms. The maximum Gasteiger partial charge on any atom is 0.227 e. The standard InChI is InChI=1S/C22H33N3O3S/c1-24(15-13-21-12-6-7-16-28-21)18-20-17-23-22(29(2,26)27)25(20)14-8-11-19-9-4-3-5-10-19/h3-5,9-10,17,21H,6-8,11-16,18H2,1-2H3. The lowest BCUT2D eigenvalue weighted by molar-refractivity contribution is 0.00631. The van der Waals surface area contributed by atoms with E-state index < -0.39 is 9.84 Å². The van der Waals surface area contributed by atoms with Gasteiger partial charge in [0.25, 0.3) is 0 Å². The Balaban J connectivity index is 1.61. The Bertz CT molecular complexity index is 859. The van der Waals surface area contributed by atoms with Crippen molar-refractivity contribution in [2.45, 2.75) is 62.9 Å². The minimum absolute atomic E-state index is 0.171. The fourth-order valence-corrected chi connectivity index (χ4v) is 4.75. The molecule has 3 rings (SSSR count). The first-order valence-electron chi connectivity index (χ1n) is 10.5. The number of aromatic nitrogens is 2. The van der Waals surface area contributed by atoms with Crippen molar-refractivity contribution in [3.63, 3.8) is 0 Å². The van der Waals surface area contributed by atoms with Gasteiger partial charge in [0.15, 0.2) is 0 Å². The molecule has 1 atom stereocenters. The zero-order valence-electron chi connectivity index (χ0n) is 17.6. The van der Waals surface area contributed by atoms with E-state index in [2.05, 4.69) is 29.1 Å². The summed E-state index contributed by atoms with van der Waals surface area (Å²) in [7, 11) is -1.29. The fraction of sp³-hybridized carbons (Fsp3) is 0.591. The fourth-order valence-electron chi connectivity index (χ4n) is 3.89. The highest BCUT2D eigenvalue weighted by Gasteiger charge is 2.20. The number of rotatable bonds is 10. The van der Waals surface area contributed by atoms with Crippen LogP contribution in [0.25, 0.3) is 0 Å². The van der Waals surface area contributed by atoms with Crippen molar-refractivity contribution in [1.29, 1.82) is 0 Å². The molecule has 0 bridgehead atoms. The van der Waals surface area contributed by atoms with Crippen LogP contribution in [0.15, 0.2) is 41.7 Å². The number of sulfone groups is 1. The molecule has 1 aromatic heterocycles. The van der Waals surface area contributed by atoms with E-state index in [-0.39, 0.29) is 5.16 Å². The second kappa shape index (κ2) is 10.4. The number of hydrogen-bond donors (Lipinski definition) is 0. The molecule has 6 nitrogen and oxygen atoms in total. The summed E-state index contributed by atoms with van der Waals surface area (Å²) >= 11 is 0. The van der Waals surface area contributed by atoms with Crippen LogP contribution in [0.1, 0.15) is 43.4 Å². The van der Waals surface area contributed by atoms with Gasteiger partial charge in [-0.2, -0.15) is 0 Å². The van der Waals surface area contributed by atoms with Crippen LogP contribution >= 0.6 is 0 Å². The summed E-state index contributed by atoms with van der Waals surface area (Å²) in [4.78, 5) is 6.47. The third-order valence-electron chi connectivity index (χ3n) is 5.46. The highest BCUT2D eigenvalue weighted by molar-refractivity contribution is 7.90. The van der Waals surface area contributed by atoms with Crippen molar-refractivity contribution >= 4 is 9.84 Å². The molecular formula is C22H33N3O3S. The Hall–Kier alpha value is -1.70. The van der Waals surface area contributed by atoms with Gasteiger partial charge in [-0.05, 0) is 51.1 Å². The zero-order chi connectivity index (χ0) is 20.7. The number of imidazole rings is 1. The normalized spacial score (nSPS) is 17.7. The van der Waals surface area contributed by atoms with E-state index >= 15 is 0 Å². The minimum Gasteiger partial charge on any atom is -0.378 e. The van der Waals surface area contributed by atoms with E-state index in [9.17, 15) is 8.42 Å². The van der Waals surface area contributed by atoms with Crippen molar-refractivity contribution in [3.8, 4) is 0 Å². The van der Waals surface area contributed by atoms with Gasteiger partial charge in [-0.15, -0.1) is 0 Å². The van der Waals surface area contributed by atoms with Crippen LogP contribution in [0, 0.1) is 0 Å². The number of hydrogen-bond acceptors (Lipinski definition) is 5. The van der Waals surface area contributed by atoms with E-state index in [0.29, 0.717) is 19.2 Å². The average Bonchev–Trinajstić information content (AvgIpc) is 3.11. The molecule has 0 N–H and O–H groups in total. The summed E-state index contributed by atoms with van der Waals surface area (Å²) < 4.78 is 32.1. The molecular weight excluding hydrogens is 386 g/mol. The molecule has 0 radical (unpaired) electrons. The summed E-state index contributed by atoms with van der Waals surface area (Å²) in [6.45, 7) is 3.13. The van der Waals surface area contributed by atoms with E-state index in [4.69, 9.17) is 4.74 Å². The summed E-state index contributed by atoms with van der Waals surface area (Å²) in [5.41, 5.74) is 2.21. The molecule has 0 spiro atoms. The minimum atomic E-state index is -3.36. The molecule has 1 aliphatic rings. The first-order chi connectivity index (χ1) is 13.9. The van der Waals surface area contributed by atoms with Gasteiger partial charge < -0.3 is 14.2 Å². The van der Waals surface area contributed by atoms with Crippen LogP contribution in [-0.2, 0) is 34.1 Å². The van der Waals surface area contributed by atoms with Gasteiger partial charge in [-0.1, -0.05) is 30.3 Å². The Morgan fingerprint density at radius 3 is 2.72 bits per heavy atom. The molecule has 1 fully saturated rings. The lowest BCUT2D eigenvalue weighted by Crippen LogP contribution is -2.27. The van der Waals surface area contributed by atoms with Crippen LogP contribution in [0.5, 0.6) is 0 Å². The first-order valence-corrected chi connectivity index (χ1v) is 12.4. The van der Waals surface area contributed by atoms with Crippen molar-refractivity contribution in [1.82, 2.24) is 14.5 Å². The lowest BCUT2D eigenvalue weighted by Gasteiger charge is -2.25. The monoisotopic (exact) mass is 419 g/mol. The quantitative estimate of drug-likeness (QED) is 0.591. The predicted octanol–water partition coefficient (Wildman–Crippen LogP) is 3.31. The van der Waals surface area contributed by atoms with Crippen LogP contribution in [-0.4, -0.2) is 55.4 Å². The van der Waals surface area contributed by atoms with Gasteiger partial charge >= 0.3 is 0 Å². The Labute approximate surface area is 174 Å². The molecule has 0 aliphatic carbocycles. The second-order valence-electron chi connectivity index (χ2n) is 8.06. The number of benzene rings is 1. The van der Waals surface area contributed by atoms with E-state index in [1.54, 1.807) is 6.20 Å². The molecule has 160 valence electrons. The molecule has 7 heteroatoms. The molecule has 2 aromatic rings. The molecule has 1 aliphatic heterocycles. The molecule has 1 saturated heterocycles. The highest BCUT2D eigenvalue weighted by atomic mass is 32.2. The Morgan fingerprint density at radius 2 is 2.03 bits per heavy atom. The molecule has 1 aromatic carbocycles. The van der Waals surface area contributed by atoms with Gasteiger partial charge in [0.2, 0.25) is 15.0 Å². The van der Waals surface area contributed by atoms with Gasteiger partial charge in [0, 0.05) is 32.5 Å². The van der Waals surface area contributed by atoms with Gasteiger partial charge in [-0.3, -0.25) is 0 Å². The van der Waals surface area contributed by atoms with Gasteiger partial charge in [0.05, 0.1) is 18.0 Å². The smallest absolute Gasteiger partial charge is 0.227 e. The maximum absolute atomic E-state index is 12.2. The average molecular weight is 420 g/mol. The summed E-state index contributed by atoms with van der Waals surface area (Å²) in [5.74, 6) is 0. The highest BCUT2D eigenvalue weighted by Crippen LogP contribution is 2.18. The molecule has 0 saturated carbocycles. The van der Waals surface area contributed by atoms with Crippen molar-refractivity contribution in [3.05, 3.63) is 47.8 Å². The number of nitrogens with zero attached hydrogens (tertiary/aromatic N) is 3. The number of ether oxygens (including phenoxy) is 1. The summed E-state index contributed by atoms with van der Waals surface area (Å²) in [6, 6.07) is 10.3. The third-order valence-corrected chi connectivity index (χ3v) is 6.45. The summed E-state index contributed by atoms with van der Waals surface area (Å²) in [5, 5.41) is 0.171. The lowest BCUT2D eigenvalue weighted by atomic mass is 10.1. The van der Waals surface area contributed by atoms with Crippen LogP contribution in [0.2, 0.25) is 0 Å². The molecule has 1 unspecified atom stereocenters. The molecule has 0 amide bonds. The van der Waals surface area contributed by atoms with Gasteiger partial charge in [-0.25, -0.2) is 13.4 Å². The van der Waals surface area contributed by atoms with Crippen LogP contribution in [0.3, 0.4) is 0 Å². The van der Waals surface area contributed by atoms with Crippen molar-refractivity contribution in [2.24, 2.45) is 0 Å².